The number of amides is 2. The SMILES string of the molecule is CCOC[C@H]1CCCN(C(=O)N[C@H](C)c2ccc(SC)cc2)C1. The largest absolute Gasteiger partial charge is 0.381 e. The molecule has 1 aromatic rings. The van der Waals surface area contributed by atoms with E-state index in [2.05, 4.69) is 35.8 Å². The van der Waals surface area contributed by atoms with Crippen LogP contribution in [0.1, 0.15) is 38.3 Å². The van der Waals surface area contributed by atoms with Crippen molar-refractivity contribution in [3.05, 3.63) is 29.8 Å². The van der Waals surface area contributed by atoms with Crippen LogP contribution in [0.25, 0.3) is 0 Å². The Morgan fingerprint density at radius 3 is 2.83 bits per heavy atom. The summed E-state index contributed by atoms with van der Waals surface area (Å²) in [6.45, 7) is 7.18. The normalized spacial score (nSPS) is 19.4. The van der Waals surface area contributed by atoms with E-state index in [1.807, 2.05) is 18.7 Å². The summed E-state index contributed by atoms with van der Waals surface area (Å²) in [5.74, 6) is 0.464. The van der Waals surface area contributed by atoms with Crippen molar-refractivity contribution < 1.29 is 9.53 Å². The number of ether oxygens (including phenoxy) is 1. The Labute approximate surface area is 144 Å². The predicted molar refractivity (Wildman–Crippen MR) is 96.0 cm³/mol. The van der Waals surface area contributed by atoms with Crippen LogP contribution >= 0.6 is 11.8 Å². The molecule has 1 N–H and O–H groups in total. The first-order valence-electron chi connectivity index (χ1n) is 8.41. The quantitative estimate of drug-likeness (QED) is 0.800. The van der Waals surface area contributed by atoms with E-state index in [9.17, 15) is 4.79 Å². The molecule has 0 spiro atoms. The van der Waals surface area contributed by atoms with Gasteiger partial charge in [0, 0.05) is 30.5 Å². The summed E-state index contributed by atoms with van der Waals surface area (Å²) in [4.78, 5) is 15.7. The van der Waals surface area contributed by atoms with Crippen molar-refractivity contribution in [1.82, 2.24) is 10.2 Å². The van der Waals surface area contributed by atoms with E-state index < -0.39 is 0 Å². The number of likely N-dealkylation sites (tertiary alicyclic amines) is 1. The zero-order valence-electron chi connectivity index (χ0n) is 14.4. The molecule has 4 nitrogen and oxygen atoms in total. The van der Waals surface area contributed by atoms with Crippen LogP contribution in [0.5, 0.6) is 0 Å². The van der Waals surface area contributed by atoms with Crippen LogP contribution in [0, 0.1) is 5.92 Å². The minimum absolute atomic E-state index is 0.0191. The van der Waals surface area contributed by atoms with Crippen molar-refractivity contribution in [3.8, 4) is 0 Å². The molecule has 5 heteroatoms. The monoisotopic (exact) mass is 336 g/mol. The number of rotatable bonds is 6. The summed E-state index contributed by atoms with van der Waals surface area (Å²) in [5, 5.41) is 3.12. The molecule has 0 radical (unpaired) electrons. The Hall–Kier alpha value is -1.20. The minimum Gasteiger partial charge on any atom is -0.381 e. The molecule has 0 saturated carbocycles. The topological polar surface area (TPSA) is 41.6 Å². The van der Waals surface area contributed by atoms with Crippen molar-refractivity contribution >= 4 is 17.8 Å². The zero-order valence-corrected chi connectivity index (χ0v) is 15.2. The first kappa shape index (κ1) is 18.1. The molecule has 0 unspecified atom stereocenters. The maximum Gasteiger partial charge on any atom is 0.317 e. The molecule has 0 aliphatic carbocycles. The fraction of sp³-hybridized carbons (Fsp3) is 0.611. The van der Waals surface area contributed by atoms with Crippen molar-refractivity contribution in [2.45, 2.75) is 37.6 Å². The fourth-order valence-electron chi connectivity index (χ4n) is 2.92. The molecule has 2 rings (SSSR count). The standard InChI is InChI=1S/C18H28N2O2S/c1-4-22-13-15-6-5-11-20(12-15)18(21)19-14(2)16-7-9-17(23-3)10-8-16/h7-10,14-15H,4-6,11-13H2,1-3H3,(H,19,21)/t14-,15+/m1/s1. The van der Waals surface area contributed by atoms with Crippen LogP contribution in [0.2, 0.25) is 0 Å². The molecule has 1 aliphatic rings. The zero-order chi connectivity index (χ0) is 16.7. The molecular formula is C18H28N2O2S. The first-order chi connectivity index (χ1) is 11.1. The Morgan fingerprint density at radius 2 is 2.17 bits per heavy atom. The number of thioether (sulfide) groups is 1. The van der Waals surface area contributed by atoms with Gasteiger partial charge in [-0.05, 0) is 50.6 Å². The number of hydrogen-bond acceptors (Lipinski definition) is 3. The molecule has 1 saturated heterocycles. The van der Waals surface area contributed by atoms with Crippen molar-refractivity contribution in [1.29, 1.82) is 0 Å². The van der Waals surface area contributed by atoms with Crippen LogP contribution in [-0.4, -0.2) is 43.5 Å². The summed E-state index contributed by atoms with van der Waals surface area (Å²) in [6.07, 6.45) is 4.27. The van der Waals surface area contributed by atoms with Gasteiger partial charge in [-0.3, -0.25) is 0 Å². The third-order valence-electron chi connectivity index (χ3n) is 4.32. The van der Waals surface area contributed by atoms with Crippen LogP contribution in [0.4, 0.5) is 4.79 Å². The third kappa shape index (κ3) is 5.43. The van der Waals surface area contributed by atoms with Gasteiger partial charge in [0.2, 0.25) is 0 Å². The Kier molecular flexibility index (Phi) is 7.24. The lowest BCUT2D eigenvalue weighted by molar-refractivity contribution is 0.0752. The average Bonchev–Trinajstić information content (AvgIpc) is 2.60. The first-order valence-corrected chi connectivity index (χ1v) is 9.63. The van der Waals surface area contributed by atoms with E-state index in [4.69, 9.17) is 4.74 Å². The summed E-state index contributed by atoms with van der Waals surface area (Å²) in [5.41, 5.74) is 1.14. The van der Waals surface area contributed by atoms with Gasteiger partial charge in [0.05, 0.1) is 12.6 Å². The number of piperidine rings is 1. The lowest BCUT2D eigenvalue weighted by atomic mass is 9.99. The summed E-state index contributed by atoms with van der Waals surface area (Å²) < 4.78 is 5.51. The highest BCUT2D eigenvalue weighted by Crippen LogP contribution is 2.20. The van der Waals surface area contributed by atoms with Crippen molar-refractivity contribution in [2.75, 3.05) is 32.6 Å². The van der Waals surface area contributed by atoms with Crippen molar-refractivity contribution in [2.24, 2.45) is 5.92 Å². The summed E-state index contributed by atoms with van der Waals surface area (Å²) in [6, 6.07) is 8.43. The minimum atomic E-state index is 0.0191. The second-order valence-corrected chi connectivity index (χ2v) is 6.94. The Bertz CT molecular complexity index is 492. The van der Waals surface area contributed by atoms with Crippen LogP contribution in [0.3, 0.4) is 0 Å². The number of hydrogen-bond donors (Lipinski definition) is 1. The summed E-state index contributed by atoms with van der Waals surface area (Å²) >= 11 is 1.73. The molecule has 2 atom stereocenters. The van der Waals surface area contributed by atoms with Gasteiger partial charge in [-0.2, -0.15) is 0 Å². The van der Waals surface area contributed by atoms with Gasteiger partial charge in [0.1, 0.15) is 0 Å². The molecule has 23 heavy (non-hydrogen) atoms. The molecule has 0 aromatic heterocycles. The highest BCUT2D eigenvalue weighted by Gasteiger charge is 2.24. The lowest BCUT2D eigenvalue weighted by Crippen LogP contribution is -2.46. The van der Waals surface area contributed by atoms with E-state index in [1.165, 1.54) is 4.90 Å². The van der Waals surface area contributed by atoms with Gasteiger partial charge in [-0.15, -0.1) is 11.8 Å². The molecule has 128 valence electrons. The molecule has 2 amide bonds. The number of benzene rings is 1. The maximum atomic E-state index is 12.5. The number of carbonyl (C=O) groups is 1. The molecule has 1 fully saturated rings. The van der Waals surface area contributed by atoms with E-state index in [1.54, 1.807) is 11.8 Å². The molecule has 1 heterocycles. The third-order valence-corrected chi connectivity index (χ3v) is 5.06. The summed E-state index contributed by atoms with van der Waals surface area (Å²) in [7, 11) is 0. The number of carbonyl (C=O) groups excluding carboxylic acids is 1. The Balaban J connectivity index is 1.86. The second kappa shape index (κ2) is 9.18. The van der Waals surface area contributed by atoms with Gasteiger partial charge in [0.25, 0.3) is 0 Å². The van der Waals surface area contributed by atoms with Gasteiger partial charge in [-0.25, -0.2) is 4.79 Å². The second-order valence-electron chi connectivity index (χ2n) is 6.06. The molecule has 1 aliphatic heterocycles. The number of urea groups is 1. The van der Waals surface area contributed by atoms with E-state index in [0.29, 0.717) is 5.92 Å². The van der Waals surface area contributed by atoms with Crippen LogP contribution in [0.15, 0.2) is 29.2 Å². The fourth-order valence-corrected chi connectivity index (χ4v) is 3.33. The molecule has 0 bridgehead atoms. The van der Waals surface area contributed by atoms with E-state index in [-0.39, 0.29) is 12.1 Å². The van der Waals surface area contributed by atoms with Gasteiger partial charge < -0.3 is 15.0 Å². The highest BCUT2D eigenvalue weighted by molar-refractivity contribution is 7.98. The lowest BCUT2D eigenvalue weighted by Gasteiger charge is -2.33. The van der Waals surface area contributed by atoms with E-state index in [0.717, 1.165) is 44.7 Å². The number of nitrogens with one attached hydrogen (secondary N) is 1. The smallest absolute Gasteiger partial charge is 0.317 e. The van der Waals surface area contributed by atoms with E-state index >= 15 is 0 Å². The van der Waals surface area contributed by atoms with Crippen LogP contribution in [-0.2, 0) is 4.74 Å². The number of nitrogens with zero attached hydrogens (tertiary/aromatic N) is 1. The van der Waals surface area contributed by atoms with Gasteiger partial charge >= 0.3 is 6.03 Å². The molecular weight excluding hydrogens is 308 g/mol. The maximum absolute atomic E-state index is 12.5. The van der Waals surface area contributed by atoms with Gasteiger partial charge in [0.15, 0.2) is 0 Å². The average molecular weight is 337 g/mol. The highest BCUT2D eigenvalue weighted by atomic mass is 32.2. The van der Waals surface area contributed by atoms with Crippen LogP contribution < -0.4 is 5.32 Å². The molecule has 1 aromatic carbocycles. The predicted octanol–water partition coefficient (Wildman–Crippen LogP) is 3.93. The Morgan fingerprint density at radius 1 is 1.43 bits per heavy atom. The van der Waals surface area contributed by atoms with Gasteiger partial charge in [-0.1, -0.05) is 12.1 Å². The van der Waals surface area contributed by atoms with Crippen molar-refractivity contribution in [3.63, 3.8) is 0 Å².